The molecule has 2 heterocycles. The first kappa shape index (κ1) is 26.5. The van der Waals surface area contributed by atoms with Crippen molar-refractivity contribution in [1.29, 1.82) is 0 Å². The summed E-state index contributed by atoms with van der Waals surface area (Å²) in [6.45, 7) is 1.43. The molecule has 2 aliphatic heterocycles. The van der Waals surface area contributed by atoms with Crippen molar-refractivity contribution in [2.24, 2.45) is 4.99 Å². The molecule has 2 aliphatic rings. The van der Waals surface area contributed by atoms with Gasteiger partial charge < -0.3 is 9.64 Å². The molecule has 0 aliphatic carbocycles. The molecule has 0 N–H and O–H groups in total. The quantitative estimate of drug-likeness (QED) is 0.277. The number of hydrogen-bond donors (Lipinski definition) is 0. The minimum Gasteiger partial charge on any atom is -0.454 e. The van der Waals surface area contributed by atoms with E-state index in [9.17, 15) is 25.5 Å². The Labute approximate surface area is 222 Å². The number of ether oxygens (including phenoxy) is 1. The van der Waals surface area contributed by atoms with Crippen LogP contribution in [-0.2, 0) is 16.4 Å². The van der Waals surface area contributed by atoms with Crippen molar-refractivity contribution in [3.8, 4) is 11.5 Å². The standard InChI is InChI=1S/C26H22ClF4N3O3S/c27-19-9-10-23-20(15-19)25(32-21-3-1-2-4-24(21)37-23)34-13-11-33(12-14-34)22(16-38(31,35)36)17-5-7-18(8-6-17)26(28,29)30/h1-10,15,22H,11-14,16H2/t22-/m1/s1. The smallest absolute Gasteiger partial charge is 0.416 e. The van der Waals surface area contributed by atoms with Gasteiger partial charge in [0.05, 0.1) is 22.9 Å². The highest BCUT2D eigenvalue weighted by Crippen LogP contribution is 2.39. The number of alkyl halides is 3. The second-order valence-corrected chi connectivity index (χ2v) is 10.9. The van der Waals surface area contributed by atoms with E-state index in [-0.39, 0.29) is 0 Å². The predicted molar refractivity (Wildman–Crippen MR) is 136 cm³/mol. The number of hydrogen-bond acceptors (Lipinski definition) is 6. The molecule has 3 aromatic rings. The number of piperazine rings is 1. The van der Waals surface area contributed by atoms with Gasteiger partial charge in [-0.1, -0.05) is 35.9 Å². The summed E-state index contributed by atoms with van der Waals surface area (Å²) in [6.07, 6.45) is -4.53. The highest BCUT2D eigenvalue weighted by molar-refractivity contribution is 7.86. The molecule has 5 rings (SSSR count). The minimum absolute atomic E-state index is 0.291. The number of para-hydroxylation sites is 2. The summed E-state index contributed by atoms with van der Waals surface area (Å²) < 4.78 is 82.1. The lowest BCUT2D eigenvalue weighted by Gasteiger charge is -2.40. The monoisotopic (exact) mass is 567 g/mol. The minimum atomic E-state index is -4.91. The Kier molecular flexibility index (Phi) is 7.10. The molecule has 38 heavy (non-hydrogen) atoms. The molecule has 0 bridgehead atoms. The van der Waals surface area contributed by atoms with E-state index in [0.29, 0.717) is 65.4 Å². The van der Waals surface area contributed by atoms with Crippen molar-refractivity contribution in [1.82, 2.24) is 9.80 Å². The molecule has 3 aromatic carbocycles. The molecule has 12 heteroatoms. The first-order valence-electron chi connectivity index (χ1n) is 11.7. The summed E-state index contributed by atoms with van der Waals surface area (Å²) in [4.78, 5) is 8.61. The summed E-state index contributed by atoms with van der Waals surface area (Å²) in [5.74, 6) is 0.919. The zero-order chi connectivity index (χ0) is 27.1. The van der Waals surface area contributed by atoms with Gasteiger partial charge in [0, 0.05) is 31.2 Å². The average Bonchev–Trinajstić information content (AvgIpc) is 3.03. The Morgan fingerprint density at radius 3 is 2.29 bits per heavy atom. The maximum absolute atomic E-state index is 13.8. The largest absolute Gasteiger partial charge is 0.454 e. The van der Waals surface area contributed by atoms with Gasteiger partial charge in [-0.2, -0.15) is 21.6 Å². The Bertz CT molecular complexity index is 1470. The lowest BCUT2D eigenvalue weighted by Crippen LogP contribution is -2.50. The molecule has 0 amide bonds. The number of nitrogens with zero attached hydrogens (tertiary/aromatic N) is 3. The van der Waals surface area contributed by atoms with Gasteiger partial charge in [0.15, 0.2) is 5.75 Å². The average molecular weight is 568 g/mol. The Morgan fingerprint density at radius 1 is 0.947 bits per heavy atom. The van der Waals surface area contributed by atoms with Gasteiger partial charge in [0.1, 0.15) is 17.3 Å². The van der Waals surface area contributed by atoms with Gasteiger partial charge in [0.2, 0.25) is 0 Å². The molecule has 0 radical (unpaired) electrons. The molecule has 1 saturated heterocycles. The third kappa shape index (κ3) is 5.79. The highest BCUT2D eigenvalue weighted by Gasteiger charge is 2.34. The maximum atomic E-state index is 13.8. The zero-order valence-electron chi connectivity index (χ0n) is 19.8. The fourth-order valence-corrected chi connectivity index (χ4v) is 5.63. The third-order valence-corrected chi connectivity index (χ3v) is 7.48. The van der Waals surface area contributed by atoms with E-state index in [1.807, 2.05) is 29.2 Å². The summed E-state index contributed by atoms with van der Waals surface area (Å²) in [5.41, 5.74) is 0.745. The van der Waals surface area contributed by atoms with Crippen LogP contribution in [0.15, 0.2) is 71.7 Å². The van der Waals surface area contributed by atoms with Crippen LogP contribution in [0.5, 0.6) is 11.5 Å². The van der Waals surface area contributed by atoms with Gasteiger partial charge in [-0.25, -0.2) is 4.99 Å². The van der Waals surface area contributed by atoms with Gasteiger partial charge in [-0.15, -0.1) is 3.89 Å². The Hall–Kier alpha value is -3.15. The Balaban J connectivity index is 1.42. The fraction of sp³-hybridized carbons (Fsp3) is 0.269. The van der Waals surface area contributed by atoms with Crippen LogP contribution in [0.1, 0.15) is 22.7 Å². The Morgan fingerprint density at radius 2 is 1.63 bits per heavy atom. The first-order chi connectivity index (χ1) is 18.0. The van der Waals surface area contributed by atoms with Crippen LogP contribution in [0.4, 0.5) is 22.7 Å². The molecule has 0 aromatic heterocycles. The summed E-state index contributed by atoms with van der Waals surface area (Å²) in [7, 11) is -4.91. The van der Waals surface area contributed by atoms with Gasteiger partial charge in [-0.05, 0) is 48.0 Å². The van der Waals surface area contributed by atoms with Crippen LogP contribution in [0.2, 0.25) is 5.02 Å². The summed E-state index contributed by atoms with van der Waals surface area (Å²) >= 11 is 6.28. The number of fused-ring (bicyclic) bond motifs is 2. The topological polar surface area (TPSA) is 62.2 Å². The first-order valence-corrected chi connectivity index (χ1v) is 13.6. The van der Waals surface area contributed by atoms with E-state index in [2.05, 4.69) is 0 Å². The predicted octanol–water partition coefficient (Wildman–Crippen LogP) is 6.20. The normalized spacial score (nSPS) is 17.1. The van der Waals surface area contributed by atoms with Crippen LogP contribution in [-0.4, -0.2) is 56.0 Å². The number of amidine groups is 1. The molecule has 0 saturated carbocycles. The molecule has 0 spiro atoms. The van der Waals surface area contributed by atoms with Crippen molar-refractivity contribution in [3.05, 3.63) is 88.4 Å². The van der Waals surface area contributed by atoms with E-state index in [0.717, 1.165) is 12.1 Å². The van der Waals surface area contributed by atoms with E-state index in [1.54, 1.807) is 23.1 Å². The lowest BCUT2D eigenvalue weighted by molar-refractivity contribution is -0.137. The molecule has 1 atom stereocenters. The highest BCUT2D eigenvalue weighted by atomic mass is 35.5. The van der Waals surface area contributed by atoms with Crippen molar-refractivity contribution in [2.75, 3.05) is 31.9 Å². The molecule has 6 nitrogen and oxygen atoms in total. The zero-order valence-corrected chi connectivity index (χ0v) is 21.4. The SMILES string of the molecule is O=S(=O)(F)C[C@H](c1ccc(C(F)(F)F)cc1)N1CCN(C2=Nc3ccccc3Oc3ccc(Cl)cc32)CC1. The van der Waals surface area contributed by atoms with Gasteiger partial charge in [0.25, 0.3) is 0 Å². The fourth-order valence-electron chi connectivity index (χ4n) is 4.68. The molecule has 200 valence electrons. The second kappa shape index (κ2) is 10.2. The summed E-state index contributed by atoms with van der Waals surface area (Å²) in [6, 6.07) is 15.8. The van der Waals surface area contributed by atoms with Crippen LogP contribution in [0.25, 0.3) is 0 Å². The van der Waals surface area contributed by atoms with E-state index in [4.69, 9.17) is 21.3 Å². The van der Waals surface area contributed by atoms with Crippen molar-refractivity contribution in [2.45, 2.75) is 12.2 Å². The third-order valence-electron chi connectivity index (χ3n) is 6.53. The van der Waals surface area contributed by atoms with Gasteiger partial charge >= 0.3 is 16.4 Å². The molecular weight excluding hydrogens is 546 g/mol. The van der Waals surface area contributed by atoms with Crippen molar-refractivity contribution in [3.63, 3.8) is 0 Å². The lowest BCUT2D eigenvalue weighted by atomic mass is 10.0. The van der Waals surface area contributed by atoms with Crippen molar-refractivity contribution < 1.29 is 30.2 Å². The van der Waals surface area contributed by atoms with Crippen LogP contribution in [0.3, 0.4) is 0 Å². The van der Waals surface area contributed by atoms with E-state index < -0.39 is 33.8 Å². The van der Waals surface area contributed by atoms with Gasteiger partial charge in [-0.3, -0.25) is 4.90 Å². The number of aliphatic imine (C=N–C) groups is 1. The molecular formula is C26H22ClF4N3O3S. The van der Waals surface area contributed by atoms with E-state index in [1.165, 1.54) is 12.1 Å². The maximum Gasteiger partial charge on any atom is 0.416 e. The number of rotatable bonds is 4. The second-order valence-electron chi connectivity index (χ2n) is 9.01. The van der Waals surface area contributed by atoms with Crippen LogP contribution in [0, 0.1) is 0 Å². The van der Waals surface area contributed by atoms with Crippen molar-refractivity contribution >= 4 is 33.3 Å². The van der Waals surface area contributed by atoms with E-state index >= 15 is 0 Å². The van der Waals surface area contributed by atoms with Crippen LogP contribution >= 0.6 is 11.6 Å². The molecule has 0 unspecified atom stereocenters. The number of halogens is 5. The number of benzene rings is 3. The summed E-state index contributed by atoms with van der Waals surface area (Å²) in [5, 5.41) is 0.500. The molecule has 1 fully saturated rings. The van der Waals surface area contributed by atoms with Crippen LogP contribution < -0.4 is 4.74 Å².